The largest absolute Gasteiger partial charge is 0.481 e. The Labute approximate surface area is 104 Å². The highest BCUT2D eigenvalue weighted by atomic mass is 79.9. The van der Waals surface area contributed by atoms with Gasteiger partial charge in [-0.15, -0.1) is 0 Å². The third kappa shape index (κ3) is 2.28. The maximum atomic E-state index is 13.3. The molecule has 2 heterocycles. The fraction of sp³-hybridized carbons (Fsp3) is 0.300. The Morgan fingerprint density at radius 2 is 2.35 bits per heavy atom. The molecule has 5 nitrogen and oxygen atoms in total. The van der Waals surface area contributed by atoms with Crippen molar-refractivity contribution >= 4 is 33.6 Å². The van der Waals surface area contributed by atoms with Crippen LogP contribution in [0.1, 0.15) is 6.42 Å². The van der Waals surface area contributed by atoms with Crippen molar-refractivity contribution in [2.75, 3.05) is 11.4 Å². The van der Waals surface area contributed by atoms with Gasteiger partial charge in [-0.05, 0) is 15.9 Å². The molecule has 1 aromatic heterocycles. The number of aliphatic carboxylic acids is 1. The minimum Gasteiger partial charge on any atom is -0.481 e. The second kappa shape index (κ2) is 4.40. The molecule has 2 rings (SSSR count). The lowest BCUT2D eigenvalue weighted by Crippen LogP contribution is -2.26. The third-order valence-corrected chi connectivity index (χ3v) is 3.13. The Balaban J connectivity index is 2.26. The second-order valence-corrected chi connectivity index (χ2v) is 4.55. The van der Waals surface area contributed by atoms with Crippen molar-refractivity contribution in [1.82, 2.24) is 4.98 Å². The van der Waals surface area contributed by atoms with E-state index in [0.29, 0.717) is 0 Å². The molecule has 0 aromatic carbocycles. The van der Waals surface area contributed by atoms with E-state index in [4.69, 9.17) is 5.11 Å². The third-order valence-electron chi connectivity index (χ3n) is 2.54. The predicted octanol–water partition coefficient (Wildman–Crippen LogP) is 1.42. The standard InChI is InChI=1S/C10H8BrFN2O3/c11-6-3-13-8(2-7(6)12)14-4-5(10(16)17)1-9(14)15/h2-3,5H,1,4H2,(H,16,17). The first-order valence-corrected chi connectivity index (χ1v) is 5.62. The van der Waals surface area contributed by atoms with Crippen LogP contribution in [0.2, 0.25) is 0 Å². The van der Waals surface area contributed by atoms with Crippen molar-refractivity contribution in [1.29, 1.82) is 0 Å². The van der Waals surface area contributed by atoms with Crippen molar-refractivity contribution in [3.05, 3.63) is 22.6 Å². The quantitative estimate of drug-likeness (QED) is 0.897. The highest BCUT2D eigenvalue weighted by molar-refractivity contribution is 9.10. The molecule has 1 aliphatic rings. The molecule has 1 fully saturated rings. The van der Waals surface area contributed by atoms with Gasteiger partial charge in [0.15, 0.2) is 0 Å². The molecular formula is C10H8BrFN2O3. The Bertz CT molecular complexity index is 494. The zero-order valence-corrected chi connectivity index (χ0v) is 10.1. The Morgan fingerprint density at radius 3 is 2.88 bits per heavy atom. The topological polar surface area (TPSA) is 70.5 Å². The fourth-order valence-corrected chi connectivity index (χ4v) is 1.86. The van der Waals surface area contributed by atoms with Gasteiger partial charge in [-0.25, -0.2) is 9.37 Å². The molecule has 1 amide bonds. The van der Waals surface area contributed by atoms with Crippen molar-refractivity contribution in [3.63, 3.8) is 0 Å². The van der Waals surface area contributed by atoms with E-state index in [1.165, 1.54) is 11.1 Å². The molecule has 1 N–H and O–H groups in total. The van der Waals surface area contributed by atoms with Gasteiger partial charge >= 0.3 is 5.97 Å². The molecule has 0 aliphatic carbocycles. The fourth-order valence-electron chi connectivity index (χ4n) is 1.65. The summed E-state index contributed by atoms with van der Waals surface area (Å²) in [5, 5.41) is 8.81. The normalized spacial score (nSPS) is 19.8. The number of hydrogen-bond acceptors (Lipinski definition) is 3. The smallest absolute Gasteiger partial charge is 0.308 e. The van der Waals surface area contributed by atoms with Crippen LogP contribution in [0.25, 0.3) is 0 Å². The summed E-state index contributed by atoms with van der Waals surface area (Å²) in [4.78, 5) is 27.4. The van der Waals surface area contributed by atoms with Crippen LogP contribution >= 0.6 is 15.9 Å². The molecule has 1 unspecified atom stereocenters. The Morgan fingerprint density at radius 1 is 1.65 bits per heavy atom. The number of halogens is 2. The highest BCUT2D eigenvalue weighted by Gasteiger charge is 2.35. The molecule has 0 saturated carbocycles. The first-order chi connectivity index (χ1) is 7.99. The van der Waals surface area contributed by atoms with Crippen LogP contribution in [0.4, 0.5) is 10.2 Å². The first-order valence-electron chi connectivity index (χ1n) is 4.83. The minimum atomic E-state index is -1.03. The second-order valence-electron chi connectivity index (χ2n) is 3.70. The number of carboxylic acid groups (broad SMARTS) is 1. The highest BCUT2D eigenvalue weighted by Crippen LogP contribution is 2.25. The lowest BCUT2D eigenvalue weighted by atomic mass is 10.1. The van der Waals surface area contributed by atoms with Crippen LogP contribution in [-0.2, 0) is 9.59 Å². The van der Waals surface area contributed by atoms with Crippen molar-refractivity contribution in [2.24, 2.45) is 5.92 Å². The van der Waals surface area contributed by atoms with Crippen LogP contribution in [0.15, 0.2) is 16.7 Å². The lowest BCUT2D eigenvalue weighted by molar-refractivity contribution is -0.141. The van der Waals surface area contributed by atoms with E-state index in [1.54, 1.807) is 0 Å². The number of nitrogens with zero attached hydrogens (tertiary/aromatic N) is 2. The average molecular weight is 303 g/mol. The molecular weight excluding hydrogens is 295 g/mol. The molecule has 0 spiro atoms. The van der Waals surface area contributed by atoms with Crippen molar-refractivity contribution in [2.45, 2.75) is 6.42 Å². The molecule has 1 aromatic rings. The molecule has 1 aliphatic heterocycles. The maximum Gasteiger partial charge on any atom is 0.308 e. The van der Waals surface area contributed by atoms with E-state index >= 15 is 0 Å². The molecule has 17 heavy (non-hydrogen) atoms. The minimum absolute atomic E-state index is 0.0300. The SMILES string of the molecule is O=C(O)C1CC(=O)N(c2cc(F)c(Br)cn2)C1. The Hall–Kier alpha value is -1.50. The van der Waals surface area contributed by atoms with Gasteiger partial charge in [0.1, 0.15) is 11.6 Å². The molecule has 1 saturated heterocycles. The van der Waals surface area contributed by atoms with E-state index < -0.39 is 17.7 Å². The molecule has 7 heteroatoms. The number of carbonyl (C=O) groups is 2. The van der Waals surface area contributed by atoms with Crippen LogP contribution < -0.4 is 4.90 Å². The van der Waals surface area contributed by atoms with Gasteiger partial charge in [-0.1, -0.05) is 0 Å². The summed E-state index contributed by atoms with van der Waals surface area (Å²) < 4.78 is 13.5. The predicted molar refractivity (Wildman–Crippen MR) is 60.0 cm³/mol. The van der Waals surface area contributed by atoms with Gasteiger partial charge in [0.05, 0.1) is 10.4 Å². The number of hydrogen-bond donors (Lipinski definition) is 1. The molecule has 90 valence electrons. The van der Waals surface area contributed by atoms with Crippen LogP contribution in [0, 0.1) is 11.7 Å². The summed E-state index contributed by atoms with van der Waals surface area (Å²) in [5.74, 6) is -2.54. The van der Waals surface area contributed by atoms with E-state index in [1.807, 2.05) is 0 Å². The van der Waals surface area contributed by atoms with Crippen molar-refractivity contribution in [3.8, 4) is 0 Å². The summed E-state index contributed by atoms with van der Waals surface area (Å²) in [6.45, 7) is 0.0300. The Kier molecular flexibility index (Phi) is 3.10. The number of amides is 1. The first kappa shape index (κ1) is 12.0. The van der Waals surface area contributed by atoms with E-state index in [9.17, 15) is 14.0 Å². The zero-order valence-electron chi connectivity index (χ0n) is 8.56. The van der Waals surface area contributed by atoms with Gasteiger partial charge in [-0.2, -0.15) is 0 Å². The van der Waals surface area contributed by atoms with Gasteiger partial charge in [0, 0.05) is 25.2 Å². The number of anilines is 1. The van der Waals surface area contributed by atoms with Crippen molar-refractivity contribution < 1.29 is 19.1 Å². The molecule has 0 bridgehead atoms. The summed E-state index contributed by atoms with van der Waals surface area (Å²) in [5.41, 5.74) is 0. The van der Waals surface area contributed by atoms with Crippen LogP contribution in [0.3, 0.4) is 0 Å². The number of pyridine rings is 1. The number of carboxylic acids is 1. The lowest BCUT2D eigenvalue weighted by Gasteiger charge is -2.14. The zero-order chi connectivity index (χ0) is 12.6. The summed E-state index contributed by atoms with van der Waals surface area (Å²) in [7, 11) is 0. The van der Waals surface area contributed by atoms with Gasteiger partial charge in [-0.3, -0.25) is 14.5 Å². The average Bonchev–Trinajstić information content (AvgIpc) is 2.65. The van der Waals surface area contributed by atoms with Crippen LogP contribution in [-0.4, -0.2) is 28.5 Å². The molecule has 1 atom stereocenters. The van der Waals surface area contributed by atoms with Crippen LogP contribution in [0.5, 0.6) is 0 Å². The summed E-state index contributed by atoms with van der Waals surface area (Å²) in [6.07, 6.45) is 1.17. The summed E-state index contributed by atoms with van der Waals surface area (Å²) in [6, 6.07) is 1.10. The van der Waals surface area contributed by atoms with Gasteiger partial charge in [0.25, 0.3) is 0 Å². The molecule has 0 radical (unpaired) electrons. The number of rotatable bonds is 2. The van der Waals surface area contributed by atoms with Gasteiger partial charge < -0.3 is 5.11 Å². The van der Waals surface area contributed by atoms with Gasteiger partial charge in [0.2, 0.25) is 5.91 Å². The maximum absolute atomic E-state index is 13.3. The van der Waals surface area contributed by atoms with E-state index in [-0.39, 0.29) is 29.2 Å². The van der Waals surface area contributed by atoms with E-state index in [2.05, 4.69) is 20.9 Å². The summed E-state index contributed by atoms with van der Waals surface area (Å²) >= 11 is 2.95. The monoisotopic (exact) mass is 302 g/mol. The number of aromatic nitrogens is 1. The van der Waals surface area contributed by atoms with E-state index in [0.717, 1.165) is 6.07 Å². The number of carbonyl (C=O) groups excluding carboxylic acids is 1.